The smallest absolute Gasteiger partial charge is 0.338 e. The van der Waals surface area contributed by atoms with E-state index in [1.807, 2.05) is 25.3 Å². The monoisotopic (exact) mass is 340 g/mol. The first-order valence-corrected chi connectivity index (χ1v) is 8.38. The zero-order valence-electron chi connectivity index (χ0n) is 13.1. The molecule has 3 rings (SSSR count). The van der Waals surface area contributed by atoms with Crippen LogP contribution in [-0.4, -0.2) is 28.1 Å². The molecule has 6 heteroatoms. The van der Waals surface area contributed by atoms with E-state index in [-0.39, 0.29) is 12.4 Å². The van der Waals surface area contributed by atoms with Crippen LogP contribution >= 0.6 is 11.3 Å². The van der Waals surface area contributed by atoms with Gasteiger partial charge in [-0.2, -0.15) is 5.10 Å². The molecule has 24 heavy (non-hydrogen) atoms. The lowest BCUT2D eigenvalue weighted by Gasteiger charge is -2.05. The number of benzene rings is 1. The van der Waals surface area contributed by atoms with Crippen molar-refractivity contribution in [1.82, 2.24) is 9.78 Å². The first-order valence-electron chi connectivity index (χ1n) is 7.56. The maximum Gasteiger partial charge on any atom is 0.338 e. The molecule has 3 aromatic rings. The van der Waals surface area contributed by atoms with Crippen molar-refractivity contribution in [3.63, 3.8) is 0 Å². The van der Waals surface area contributed by atoms with Gasteiger partial charge in [0.15, 0.2) is 6.61 Å². The molecule has 0 spiro atoms. The van der Waals surface area contributed by atoms with Crippen molar-refractivity contribution in [2.24, 2.45) is 0 Å². The number of ether oxygens (including phenoxy) is 1. The Bertz CT molecular complexity index is 836. The number of carbonyl (C=O) groups is 2. The second kappa shape index (κ2) is 7.23. The number of aromatic nitrogens is 2. The zero-order chi connectivity index (χ0) is 16.9. The summed E-state index contributed by atoms with van der Waals surface area (Å²) in [4.78, 5) is 25.8. The molecule has 0 saturated heterocycles. The first-order chi connectivity index (χ1) is 11.7. The third kappa shape index (κ3) is 3.60. The minimum Gasteiger partial charge on any atom is -0.454 e. The summed E-state index contributed by atoms with van der Waals surface area (Å²) in [7, 11) is 0. The summed E-state index contributed by atoms with van der Waals surface area (Å²) in [5.74, 6) is -0.691. The molecule has 122 valence electrons. The van der Waals surface area contributed by atoms with Crippen LogP contribution in [0.25, 0.3) is 5.69 Å². The van der Waals surface area contributed by atoms with Crippen molar-refractivity contribution in [1.29, 1.82) is 0 Å². The van der Waals surface area contributed by atoms with Crippen molar-refractivity contribution in [2.75, 3.05) is 6.61 Å². The van der Waals surface area contributed by atoms with Crippen molar-refractivity contribution in [3.05, 3.63) is 70.2 Å². The Balaban J connectivity index is 1.59. The predicted octanol–water partition coefficient (Wildman–Crippen LogP) is 3.54. The molecule has 5 nitrogen and oxygen atoms in total. The zero-order valence-corrected chi connectivity index (χ0v) is 14.0. The average molecular weight is 340 g/mol. The van der Waals surface area contributed by atoms with Gasteiger partial charge >= 0.3 is 5.97 Å². The van der Waals surface area contributed by atoms with Crippen molar-refractivity contribution in [3.8, 4) is 5.69 Å². The number of hydrogen-bond donors (Lipinski definition) is 0. The standard InChI is InChI=1S/C18H16N2O3S/c1-2-15-8-9-17(24-15)16(21)12-23-18(22)13-4-6-14(7-5-13)20-11-3-10-19-20/h3-11H,2,12H2,1H3. The van der Waals surface area contributed by atoms with Gasteiger partial charge in [0.05, 0.1) is 16.1 Å². The molecular formula is C18H16N2O3S. The largest absolute Gasteiger partial charge is 0.454 e. The van der Waals surface area contributed by atoms with E-state index in [9.17, 15) is 9.59 Å². The van der Waals surface area contributed by atoms with Crippen LogP contribution in [0.3, 0.4) is 0 Å². The van der Waals surface area contributed by atoms with Crippen molar-refractivity contribution >= 4 is 23.1 Å². The number of nitrogens with zero attached hydrogens (tertiary/aromatic N) is 2. The number of Topliss-reactive ketones (excluding diaryl/α,β-unsaturated/α-hetero) is 1. The third-order valence-electron chi connectivity index (χ3n) is 3.49. The highest BCUT2D eigenvalue weighted by Gasteiger charge is 2.13. The Labute approximate surface area is 143 Å². The molecule has 0 aliphatic carbocycles. The predicted molar refractivity (Wildman–Crippen MR) is 91.9 cm³/mol. The Morgan fingerprint density at radius 1 is 1.17 bits per heavy atom. The van der Waals surface area contributed by atoms with Crippen LogP contribution in [0.5, 0.6) is 0 Å². The van der Waals surface area contributed by atoms with Gasteiger partial charge in [-0.25, -0.2) is 9.48 Å². The highest BCUT2D eigenvalue weighted by Crippen LogP contribution is 2.18. The highest BCUT2D eigenvalue weighted by molar-refractivity contribution is 7.14. The highest BCUT2D eigenvalue weighted by atomic mass is 32.1. The Kier molecular flexibility index (Phi) is 4.86. The van der Waals surface area contributed by atoms with E-state index in [4.69, 9.17) is 4.74 Å². The molecule has 0 radical (unpaired) electrons. The van der Waals surface area contributed by atoms with Crippen molar-refractivity contribution < 1.29 is 14.3 Å². The summed E-state index contributed by atoms with van der Waals surface area (Å²) >= 11 is 1.44. The van der Waals surface area contributed by atoms with E-state index in [1.54, 1.807) is 41.2 Å². The summed E-state index contributed by atoms with van der Waals surface area (Å²) in [6, 6.07) is 12.4. The Morgan fingerprint density at radius 3 is 2.58 bits per heavy atom. The summed E-state index contributed by atoms with van der Waals surface area (Å²) < 4.78 is 6.81. The summed E-state index contributed by atoms with van der Waals surface area (Å²) in [6.07, 6.45) is 4.39. The Hall–Kier alpha value is -2.73. The second-order valence-corrected chi connectivity index (χ2v) is 6.28. The maximum atomic E-state index is 12.0. The van der Waals surface area contributed by atoms with Gasteiger partial charge in [0, 0.05) is 17.3 Å². The van der Waals surface area contributed by atoms with E-state index in [2.05, 4.69) is 5.10 Å². The van der Waals surface area contributed by atoms with Gasteiger partial charge in [-0.05, 0) is 48.9 Å². The molecule has 0 saturated carbocycles. The number of rotatable bonds is 6. The molecule has 0 N–H and O–H groups in total. The molecule has 2 aromatic heterocycles. The van der Waals surface area contributed by atoms with Crippen LogP contribution in [0.4, 0.5) is 0 Å². The molecule has 0 aliphatic heterocycles. The number of hydrogen-bond acceptors (Lipinski definition) is 5. The van der Waals surface area contributed by atoms with E-state index in [0.29, 0.717) is 10.4 Å². The van der Waals surface area contributed by atoms with E-state index in [1.165, 1.54) is 11.3 Å². The number of thiophene rings is 1. The van der Waals surface area contributed by atoms with Crippen LogP contribution in [-0.2, 0) is 11.2 Å². The van der Waals surface area contributed by atoms with Crippen LogP contribution < -0.4 is 0 Å². The molecule has 0 aliphatic rings. The molecule has 0 fully saturated rings. The van der Waals surface area contributed by atoms with Gasteiger partial charge in [-0.3, -0.25) is 4.79 Å². The normalized spacial score (nSPS) is 10.5. The van der Waals surface area contributed by atoms with Crippen LogP contribution in [0.15, 0.2) is 54.9 Å². The van der Waals surface area contributed by atoms with Gasteiger partial charge < -0.3 is 4.74 Å². The van der Waals surface area contributed by atoms with Crippen molar-refractivity contribution in [2.45, 2.75) is 13.3 Å². The van der Waals surface area contributed by atoms with Gasteiger partial charge in [-0.1, -0.05) is 6.92 Å². The average Bonchev–Trinajstić information content (AvgIpc) is 3.30. The van der Waals surface area contributed by atoms with Crippen LogP contribution in [0.1, 0.15) is 31.8 Å². The lowest BCUT2D eigenvalue weighted by Crippen LogP contribution is -2.13. The number of esters is 1. The minimum absolute atomic E-state index is 0.179. The van der Waals surface area contributed by atoms with Gasteiger partial charge in [0.2, 0.25) is 5.78 Å². The van der Waals surface area contributed by atoms with Crippen LogP contribution in [0.2, 0.25) is 0 Å². The number of carbonyl (C=O) groups excluding carboxylic acids is 2. The topological polar surface area (TPSA) is 61.2 Å². The quantitative estimate of drug-likeness (QED) is 0.509. The summed E-state index contributed by atoms with van der Waals surface area (Å²) in [5.41, 5.74) is 1.25. The first kappa shape index (κ1) is 16.1. The SMILES string of the molecule is CCc1ccc(C(=O)COC(=O)c2ccc(-n3cccn3)cc2)s1. The van der Waals surface area contributed by atoms with Gasteiger partial charge in [0.1, 0.15) is 0 Å². The molecule has 2 heterocycles. The fraction of sp³-hybridized carbons (Fsp3) is 0.167. The maximum absolute atomic E-state index is 12.0. The molecular weight excluding hydrogens is 324 g/mol. The Morgan fingerprint density at radius 2 is 1.96 bits per heavy atom. The second-order valence-electron chi connectivity index (χ2n) is 5.12. The number of aryl methyl sites for hydroxylation is 1. The minimum atomic E-state index is -0.511. The van der Waals surface area contributed by atoms with E-state index < -0.39 is 5.97 Å². The summed E-state index contributed by atoms with van der Waals surface area (Å²) in [6.45, 7) is 1.79. The molecule has 0 atom stereocenters. The fourth-order valence-corrected chi connectivity index (χ4v) is 3.05. The van der Waals surface area contributed by atoms with Crippen LogP contribution in [0, 0.1) is 0 Å². The number of ketones is 1. The van der Waals surface area contributed by atoms with Gasteiger partial charge in [0.25, 0.3) is 0 Å². The van der Waals surface area contributed by atoms with E-state index in [0.717, 1.165) is 17.0 Å². The summed E-state index contributed by atoms with van der Waals surface area (Å²) in [5, 5.41) is 4.12. The fourth-order valence-electron chi connectivity index (χ4n) is 2.18. The molecule has 0 unspecified atom stereocenters. The third-order valence-corrected chi connectivity index (χ3v) is 4.76. The van der Waals surface area contributed by atoms with Gasteiger partial charge in [-0.15, -0.1) is 11.3 Å². The lowest BCUT2D eigenvalue weighted by atomic mass is 10.2. The molecule has 1 aromatic carbocycles. The molecule has 0 bridgehead atoms. The van der Waals surface area contributed by atoms with E-state index >= 15 is 0 Å². The molecule has 0 amide bonds. The lowest BCUT2D eigenvalue weighted by molar-refractivity contribution is 0.0476.